The van der Waals surface area contributed by atoms with Gasteiger partial charge in [0.05, 0.1) is 0 Å². The van der Waals surface area contributed by atoms with E-state index in [0.717, 1.165) is 36.8 Å². The Morgan fingerprint density at radius 3 is 1.20 bits per heavy atom. The predicted octanol–water partition coefficient (Wildman–Crippen LogP) is 6.70. The van der Waals surface area contributed by atoms with Crippen molar-refractivity contribution in [1.82, 2.24) is 0 Å². The maximum absolute atomic E-state index is 6.55. The molecule has 0 heterocycles. The first-order chi connectivity index (χ1) is 14.5. The van der Waals surface area contributed by atoms with Gasteiger partial charge in [-0.05, 0) is 59.1 Å². The van der Waals surface area contributed by atoms with Crippen molar-refractivity contribution in [3.63, 3.8) is 0 Å². The average Bonchev–Trinajstić information content (AvgIpc) is 2.77. The average molecular weight is 585 g/mol. The van der Waals surface area contributed by atoms with Crippen LogP contribution >= 0.6 is 28.3 Å². The van der Waals surface area contributed by atoms with Gasteiger partial charge in [-0.25, -0.2) is 0 Å². The predicted molar refractivity (Wildman–Crippen MR) is 135 cm³/mol. The normalized spacial score (nSPS) is 12.9. The third-order valence-electron chi connectivity index (χ3n) is 5.49. The molecule has 4 N–H and O–H groups in total. The van der Waals surface area contributed by atoms with Crippen LogP contribution in [0, 0.1) is 0 Å². The van der Waals surface area contributed by atoms with Crippen molar-refractivity contribution in [1.29, 1.82) is 0 Å². The number of benzene rings is 2. The molecular weight excluding hydrogens is 549 g/mol. The number of hydrogen-bond acceptors (Lipinski definition) is 2. The molecule has 3 nitrogen and oxygen atoms in total. The fourth-order valence-electron chi connectivity index (χ4n) is 4.05. The van der Waals surface area contributed by atoms with E-state index in [0.29, 0.717) is 13.1 Å². The zero-order valence-electron chi connectivity index (χ0n) is 18.6. The van der Waals surface area contributed by atoms with Crippen LogP contribution in [0.4, 0.5) is 0 Å². The summed E-state index contributed by atoms with van der Waals surface area (Å²) in [5.41, 5.74) is 21.0. The third kappa shape index (κ3) is 8.04. The molecule has 0 saturated heterocycles. The molecule has 2 aromatic carbocycles. The van der Waals surface area contributed by atoms with Gasteiger partial charge in [-0.2, -0.15) is 0 Å². The first-order valence-electron chi connectivity index (χ1n) is 10.7. The second-order valence-corrected chi connectivity index (χ2v) is 12.5. The van der Waals surface area contributed by atoms with Crippen molar-refractivity contribution in [2.75, 3.05) is 13.1 Å². The van der Waals surface area contributed by atoms with Gasteiger partial charge in [0.25, 0.3) is 0 Å². The van der Waals surface area contributed by atoms with Crippen LogP contribution in [0.3, 0.4) is 0 Å². The minimum atomic E-state index is -0.0598. The van der Waals surface area contributed by atoms with Gasteiger partial charge in [0.1, 0.15) is 0 Å². The Labute approximate surface area is 203 Å². The fraction of sp³-hybridized carbons (Fsp3) is 0.500. The molecule has 0 saturated carbocycles. The zero-order valence-corrected chi connectivity index (χ0v) is 22.8. The van der Waals surface area contributed by atoms with Crippen LogP contribution in [0.1, 0.15) is 73.2 Å². The SMILES string of the molecule is CCc1cccc(CC)c1C(N)C[N-]CC(N)c1c(CC)cccc1CC.[Br][Co+][Br]. The Kier molecular flexibility index (Phi) is 14.4. The second-order valence-electron chi connectivity index (χ2n) is 7.24. The van der Waals surface area contributed by atoms with Crippen LogP contribution < -0.4 is 11.5 Å². The van der Waals surface area contributed by atoms with Gasteiger partial charge in [-0.15, -0.1) is 13.1 Å². The zero-order chi connectivity index (χ0) is 22.5. The summed E-state index contributed by atoms with van der Waals surface area (Å²) in [6.45, 7) is 9.98. The molecule has 0 aliphatic heterocycles. The molecule has 0 bridgehead atoms. The summed E-state index contributed by atoms with van der Waals surface area (Å²) in [7, 11) is 0. The van der Waals surface area contributed by atoms with Gasteiger partial charge in [0.2, 0.25) is 0 Å². The molecule has 2 aromatic rings. The summed E-state index contributed by atoms with van der Waals surface area (Å²) < 4.78 is 0. The molecule has 0 aliphatic carbocycles. The van der Waals surface area contributed by atoms with Crippen molar-refractivity contribution in [3.05, 3.63) is 75.1 Å². The Morgan fingerprint density at radius 1 is 0.700 bits per heavy atom. The van der Waals surface area contributed by atoms with E-state index in [1.54, 1.807) is 0 Å². The molecule has 0 aromatic heterocycles. The standard InChI is InChI=1S/C24H36N3.2BrH.Co/c1-5-17-11-9-12-18(6-2)23(17)21(25)15-27-16-22(26)24-19(7-3)13-10-14-20(24)8-4;;;/h9-14,21-22H,5-8,15-16,25-26H2,1-4H3;2*1H;/q-1;;;+3/p-2. The fourth-order valence-corrected chi connectivity index (χ4v) is 4.05. The Hall–Kier alpha value is -0.214. The number of hydrogen-bond donors (Lipinski definition) is 2. The van der Waals surface area contributed by atoms with Crippen molar-refractivity contribution in [2.24, 2.45) is 11.5 Å². The summed E-state index contributed by atoms with van der Waals surface area (Å²) in [4.78, 5) is 0. The van der Waals surface area contributed by atoms with Crippen LogP contribution in [-0.2, 0) is 36.8 Å². The summed E-state index contributed by atoms with van der Waals surface area (Å²) in [6, 6.07) is 12.9. The molecule has 6 heteroatoms. The monoisotopic (exact) mass is 583 g/mol. The first kappa shape index (κ1) is 27.8. The topological polar surface area (TPSA) is 66.1 Å². The first-order valence-corrected chi connectivity index (χ1v) is 15.8. The Morgan fingerprint density at radius 2 is 0.967 bits per heavy atom. The molecule has 0 amide bonds. The van der Waals surface area contributed by atoms with Gasteiger partial charge in [-0.3, -0.25) is 0 Å². The maximum atomic E-state index is 6.55. The molecule has 2 rings (SSSR count). The van der Waals surface area contributed by atoms with E-state index in [2.05, 4.69) is 92.4 Å². The van der Waals surface area contributed by atoms with Crippen LogP contribution in [0.2, 0.25) is 0 Å². The summed E-state index contributed by atoms with van der Waals surface area (Å²) in [5, 5.41) is 4.78. The summed E-state index contributed by atoms with van der Waals surface area (Å²) in [5.74, 6) is 0. The minimum absolute atomic E-state index is 0.0598. The van der Waals surface area contributed by atoms with E-state index < -0.39 is 0 Å². The number of halogens is 2. The molecule has 2 unspecified atom stereocenters. The van der Waals surface area contributed by atoms with Gasteiger partial charge < -0.3 is 16.8 Å². The van der Waals surface area contributed by atoms with E-state index in [1.165, 1.54) is 33.4 Å². The molecule has 2 atom stereocenters. The van der Waals surface area contributed by atoms with Crippen LogP contribution in [-0.4, -0.2) is 13.1 Å². The van der Waals surface area contributed by atoms with Crippen molar-refractivity contribution in [3.8, 4) is 0 Å². The molecule has 30 heavy (non-hydrogen) atoms. The van der Waals surface area contributed by atoms with Gasteiger partial charge in [0.15, 0.2) is 0 Å². The Balaban J connectivity index is 0.00000141. The van der Waals surface area contributed by atoms with E-state index in [9.17, 15) is 0 Å². The molecule has 170 valence electrons. The molecule has 0 radical (unpaired) electrons. The molecule has 0 spiro atoms. The molecular formula is C24H36Br2CoN3. The van der Waals surface area contributed by atoms with Crippen LogP contribution in [0.5, 0.6) is 0 Å². The number of nitrogens with two attached hydrogens (primary N) is 2. The van der Waals surface area contributed by atoms with E-state index >= 15 is 0 Å². The van der Waals surface area contributed by atoms with Crippen LogP contribution in [0.15, 0.2) is 36.4 Å². The van der Waals surface area contributed by atoms with Gasteiger partial charge in [0, 0.05) is 12.1 Å². The molecule has 0 aliphatic rings. The number of nitrogens with zero attached hydrogens (tertiary/aromatic N) is 1. The van der Waals surface area contributed by atoms with Crippen molar-refractivity contribution < 1.29 is 11.1 Å². The van der Waals surface area contributed by atoms with Crippen molar-refractivity contribution in [2.45, 2.75) is 65.5 Å². The third-order valence-corrected chi connectivity index (χ3v) is 5.49. The van der Waals surface area contributed by atoms with E-state index in [1.807, 2.05) is 0 Å². The molecule has 0 fully saturated rings. The Bertz CT molecular complexity index is 649. The quantitative estimate of drug-likeness (QED) is 0.326. The number of aryl methyl sites for hydroxylation is 4. The second kappa shape index (κ2) is 15.6. The summed E-state index contributed by atoms with van der Waals surface area (Å²) >= 11 is 7.12. The van der Waals surface area contributed by atoms with E-state index in [-0.39, 0.29) is 12.1 Å². The van der Waals surface area contributed by atoms with Gasteiger partial charge >= 0.3 is 39.5 Å². The van der Waals surface area contributed by atoms with E-state index in [4.69, 9.17) is 16.8 Å². The number of rotatable bonds is 10. The van der Waals surface area contributed by atoms with Gasteiger partial charge in [-0.1, -0.05) is 64.1 Å². The van der Waals surface area contributed by atoms with Crippen molar-refractivity contribution >= 4 is 28.3 Å². The summed E-state index contributed by atoms with van der Waals surface area (Å²) in [6.07, 6.45) is 4.00. The van der Waals surface area contributed by atoms with Crippen LogP contribution in [0.25, 0.3) is 5.32 Å².